The third-order valence-electron chi connectivity index (χ3n) is 5.95. The van der Waals surface area contributed by atoms with Crippen LogP contribution in [0.3, 0.4) is 0 Å². The Bertz CT molecular complexity index is 857. The molecule has 26 heavy (non-hydrogen) atoms. The number of nitrogens with two attached hydrogens (primary N) is 1. The molecule has 136 valence electrons. The van der Waals surface area contributed by atoms with Crippen molar-refractivity contribution in [2.24, 2.45) is 11.1 Å². The fourth-order valence-electron chi connectivity index (χ4n) is 3.92. The number of hydrogen-bond acceptors (Lipinski definition) is 3. The van der Waals surface area contributed by atoms with E-state index < -0.39 is 0 Å². The van der Waals surface area contributed by atoms with Gasteiger partial charge in [0.05, 0.1) is 11.0 Å². The number of para-hydroxylation sites is 2. The van der Waals surface area contributed by atoms with Gasteiger partial charge in [-0.3, -0.25) is 4.57 Å². The van der Waals surface area contributed by atoms with Crippen molar-refractivity contribution in [2.75, 3.05) is 6.54 Å². The van der Waals surface area contributed by atoms with Crippen LogP contribution in [0.15, 0.2) is 54.9 Å². The van der Waals surface area contributed by atoms with Crippen LogP contribution in [-0.4, -0.2) is 22.1 Å². The number of nitrogens with zero attached hydrogens (tertiary/aromatic N) is 2. The molecule has 4 rings (SSSR count). The smallest absolute Gasteiger partial charge is 0.100 e. The molecule has 2 aromatic carbocycles. The normalized spacial score (nSPS) is 23.4. The minimum Gasteiger partial charge on any atom is -0.330 e. The molecule has 1 aliphatic rings. The molecule has 1 aliphatic carbocycles. The number of rotatable bonds is 5. The Kier molecular flexibility index (Phi) is 4.79. The lowest BCUT2D eigenvalue weighted by Crippen LogP contribution is -2.39. The number of hydrogen-bond donors (Lipinski definition) is 2. The highest BCUT2D eigenvalue weighted by atomic mass is 15.0. The van der Waals surface area contributed by atoms with Crippen molar-refractivity contribution >= 4 is 11.0 Å². The SMILES string of the molecule is CC1(CN)CCC(NCc2ccc(-n3cnc4ccccc43)cc2)CC1. The Hall–Kier alpha value is -2.17. The van der Waals surface area contributed by atoms with Crippen molar-refractivity contribution in [3.63, 3.8) is 0 Å². The van der Waals surface area contributed by atoms with E-state index in [1.165, 1.54) is 31.2 Å². The van der Waals surface area contributed by atoms with Gasteiger partial charge in [0.2, 0.25) is 0 Å². The lowest BCUT2D eigenvalue weighted by Gasteiger charge is -2.36. The second-order valence-corrected chi connectivity index (χ2v) is 7.94. The van der Waals surface area contributed by atoms with Crippen molar-refractivity contribution in [3.8, 4) is 5.69 Å². The lowest BCUT2D eigenvalue weighted by molar-refractivity contribution is 0.192. The summed E-state index contributed by atoms with van der Waals surface area (Å²) in [5, 5.41) is 3.72. The first-order chi connectivity index (χ1) is 12.7. The van der Waals surface area contributed by atoms with Crippen LogP contribution in [0.5, 0.6) is 0 Å². The second-order valence-electron chi connectivity index (χ2n) is 7.94. The number of benzene rings is 2. The monoisotopic (exact) mass is 348 g/mol. The van der Waals surface area contributed by atoms with Crippen molar-refractivity contribution in [1.82, 2.24) is 14.9 Å². The van der Waals surface area contributed by atoms with Gasteiger partial charge in [0, 0.05) is 18.3 Å². The average Bonchev–Trinajstić information content (AvgIpc) is 3.12. The van der Waals surface area contributed by atoms with E-state index in [4.69, 9.17) is 5.73 Å². The van der Waals surface area contributed by atoms with E-state index >= 15 is 0 Å². The topological polar surface area (TPSA) is 55.9 Å². The molecule has 4 heteroatoms. The highest BCUT2D eigenvalue weighted by molar-refractivity contribution is 5.77. The molecule has 3 N–H and O–H groups in total. The maximum absolute atomic E-state index is 5.91. The highest BCUT2D eigenvalue weighted by Crippen LogP contribution is 2.34. The standard InChI is InChI=1S/C22H28N4/c1-22(15-23)12-10-18(11-13-22)24-14-17-6-8-19(9-7-17)26-16-25-20-4-2-3-5-21(20)26/h2-9,16,18,24H,10-15,23H2,1H3. The zero-order valence-corrected chi connectivity index (χ0v) is 15.5. The minimum absolute atomic E-state index is 0.355. The lowest BCUT2D eigenvalue weighted by atomic mass is 9.74. The van der Waals surface area contributed by atoms with Gasteiger partial charge in [-0.15, -0.1) is 0 Å². The first-order valence-electron chi connectivity index (χ1n) is 9.62. The van der Waals surface area contributed by atoms with Gasteiger partial charge in [-0.05, 0) is 67.5 Å². The van der Waals surface area contributed by atoms with Gasteiger partial charge >= 0.3 is 0 Å². The first kappa shape index (κ1) is 17.3. The predicted octanol–water partition coefficient (Wildman–Crippen LogP) is 4.02. The van der Waals surface area contributed by atoms with E-state index in [2.05, 4.69) is 58.2 Å². The number of fused-ring (bicyclic) bond motifs is 1. The molecule has 1 heterocycles. The Labute approximate surface area is 155 Å². The van der Waals surface area contributed by atoms with Crippen molar-refractivity contribution in [3.05, 3.63) is 60.4 Å². The zero-order valence-electron chi connectivity index (χ0n) is 15.5. The molecule has 1 saturated carbocycles. The summed E-state index contributed by atoms with van der Waals surface area (Å²) >= 11 is 0. The third-order valence-corrected chi connectivity index (χ3v) is 5.95. The van der Waals surface area contributed by atoms with Crippen LogP contribution in [0, 0.1) is 5.41 Å². The molecule has 1 fully saturated rings. The fourth-order valence-corrected chi connectivity index (χ4v) is 3.92. The van der Waals surface area contributed by atoms with Crippen LogP contribution in [0.2, 0.25) is 0 Å². The molecule has 0 atom stereocenters. The largest absolute Gasteiger partial charge is 0.330 e. The molecular formula is C22H28N4. The average molecular weight is 348 g/mol. The molecule has 4 nitrogen and oxygen atoms in total. The van der Waals surface area contributed by atoms with Gasteiger partial charge in [0.15, 0.2) is 0 Å². The van der Waals surface area contributed by atoms with Gasteiger partial charge < -0.3 is 11.1 Å². The second kappa shape index (κ2) is 7.22. The Morgan fingerprint density at radius 3 is 2.58 bits per heavy atom. The fraction of sp³-hybridized carbons (Fsp3) is 0.409. The molecule has 1 aromatic heterocycles. The van der Waals surface area contributed by atoms with E-state index in [-0.39, 0.29) is 0 Å². The highest BCUT2D eigenvalue weighted by Gasteiger charge is 2.29. The molecule has 0 spiro atoms. The zero-order chi connectivity index (χ0) is 18.0. The molecule has 0 amide bonds. The van der Waals surface area contributed by atoms with Gasteiger partial charge in [-0.2, -0.15) is 0 Å². The Morgan fingerprint density at radius 2 is 1.85 bits per heavy atom. The number of aromatic nitrogens is 2. The summed E-state index contributed by atoms with van der Waals surface area (Å²) in [6.45, 7) is 4.06. The van der Waals surface area contributed by atoms with E-state index in [1.807, 2.05) is 18.5 Å². The summed E-state index contributed by atoms with van der Waals surface area (Å²) in [6.07, 6.45) is 6.82. The van der Waals surface area contributed by atoms with E-state index in [0.717, 1.165) is 29.8 Å². The van der Waals surface area contributed by atoms with E-state index in [9.17, 15) is 0 Å². The van der Waals surface area contributed by atoms with Crippen LogP contribution >= 0.6 is 0 Å². The van der Waals surface area contributed by atoms with E-state index in [0.29, 0.717) is 11.5 Å². The van der Waals surface area contributed by atoms with Crippen LogP contribution in [-0.2, 0) is 6.54 Å². The molecule has 0 aliphatic heterocycles. The van der Waals surface area contributed by atoms with Gasteiger partial charge in [-0.1, -0.05) is 31.2 Å². The van der Waals surface area contributed by atoms with Crippen molar-refractivity contribution in [1.29, 1.82) is 0 Å². The van der Waals surface area contributed by atoms with Gasteiger partial charge in [0.1, 0.15) is 6.33 Å². The summed E-state index contributed by atoms with van der Waals surface area (Å²) in [4.78, 5) is 4.48. The molecule has 3 aromatic rings. The van der Waals surface area contributed by atoms with Gasteiger partial charge in [0.25, 0.3) is 0 Å². The summed E-state index contributed by atoms with van der Waals surface area (Å²) in [7, 11) is 0. The minimum atomic E-state index is 0.355. The van der Waals surface area contributed by atoms with Crippen molar-refractivity contribution in [2.45, 2.75) is 45.2 Å². The number of nitrogens with one attached hydrogen (secondary N) is 1. The summed E-state index contributed by atoms with van der Waals surface area (Å²) in [5.41, 5.74) is 10.9. The Balaban J connectivity index is 1.38. The first-order valence-corrected chi connectivity index (χ1v) is 9.62. The summed E-state index contributed by atoms with van der Waals surface area (Å²) in [5.74, 6) is 0. The van der Waals surface area contributed by atoms with Gasteiger partial charge in [-0.25, -0.2) is 4.98 Å². The third kappa shape index (κ3) is 3.53. The molecule has 0 unspecified atom stereocenters. The predicted molar refractivity (Wildman–Crippen MR) is 107 cm³/mol. The summed E-state index contributed by atoms with van der Waals surface area (Å²) < 4.78 is 2.14. The number of imidazole rings is 1. The van der Waals surface area contributed by atoms with Crippen LogP contribution in [0.25, 0.3) is 16.7 Å². The van der Waals surface area contributed by atoms with Crippen LogP contribution < -0.4 is 11.1 Å². The maximum Gasteiger partial charge on any atom is 0.100 e. The maximum atomic E-state index is 5.91. The Morgan fingerprint density at radius 1 is 1.12 bits per heavy atom. The summed E-state index contributed by atoms with van der Waals surface area (Å²) in [6, 6.07) is 17.6. The quantitative estimate of drug-likeness (QED) is 0.732. The molecule has 0 saturated heterocycles. The van der Waals surface area contributed by atoms with Crippen LogP contribution in [0.4, 0.5) is 0 Å². The molecular weight excluding hydrogens is 320 g/mol. The van der Waals surface area contributed by atoms with Crippen molar-refractivity contribution < 1.29 is 0 Å². The molecule has 0 bridgehead atoms. The van der Waals surface area contributed by atoms with Crippen LogP contribution in [0.1, 0.15) is 38.2 Å². The molecule has 0 radical (unpaired) electrons. The van der Waals surface area contributed by atoms with E-state index in [1.54, 1.807) is 0 Å².